The lowest BCUT2D eigenvalue weighted by molar-refractivity contribution is -0.124. The van der Waals surface area contributed by atoms with E-state index in [0.29, 0.717) is 22.1 Å². The SMILES string of the molecule is CC(NC(=O)CC1Sc2ccc(Cl)cc2NC1=O)c1ccc(NC(=O)Nc2ccccc2)cc1. The number of carbonyl (C=O) groups is 3. The number of nitrogens with one attached hydrogen (secondary N) is 4. The standard InChI is InChI=1S/C25H23ClN4O3S/c1-15(16-7-10-19(11-8-16)29-25(33)28-18-5-3-2-4-6-18)27-23(31)14-22-24(32)30-20-13-17(26)9-12-21(20)34-22/h2-13,15,22H,14H2,1H3,(H,27,31)(H,30,32)(H2,28,29,33). The first kappa shape index (κ1) is 23.7. The van der Waals surface area contributed by atoms with Gasteiger partial charge in [-0.15, -0.1) is 11.8 Å². The maximum absolute atomic E-state index is 12.6. The lowest BCUT2D eigenvalue weighted by Gasteiger charge is -2.24. The number of carbonyl (C=O) groups excluding carboxylic acids is 3. The summed E-state index contributed by atoms with van der Waals surface area (Å²) in [4.78, 5) is 38.0. The van der Waals surface area contributed by atoms with Crippen LogP contribution >= 0.6 is 23.4 Å². The summed E-state index contributed by atoms with van der Waals surface area (Å²) in [6.45, 7) is 1.87. The number of urea groups is 1. The van der Waals surface area contributed by atoms with E-state index in [4.69, 9.17) is 11.6 Å². The van der Waals surface area contributed by atoms with Gasteiger partial charge < -0.3 is 21.3 Å². The Morgan fingerprint density at radius 3 is 2.38 bits per heavy atom. The van der Waals surface area contributed by atoms with Gasteiger partial charge in [0, 0.05) is 27.7 Å². The third kappa shape index (κ3) is 6.09. The molecular formula is C25H23ClN4O3S. The van der Waals surface area contributed by atoms with E-state index in [0.717, 1.165) is 10.5 Å². The summed E-state index contributed by atoms with van der Waals surface area (Å²) in [7, 11) is 0. The molecule has 174 valence electrons. The Bertz CT molecular complexity index is 1200. The van der Waals surface area contributed by atoms with E-state index in [1.807, 2.05) is 43.3 Å². The minimum atomic E-state index is -0.518. The number of benzene rings is 3. The lowest BCUT2D eigenvalue weighted by atomic mass is 10.1. The van der Waals surface area contributed by atoms with Gasteiger partial charge in [0.25, 0.3) is 0 Å². The van der Waals surface area contributed by atoms with Crippen molar-refractivity contribution in [3.05, 3.63) is 83.4 Å². The second-order valence-electron chi connectivity index (χ2n) is 7.80. The minimum Gasteiger partial charge on any atom is -0.350 e. The number of para-hydroxylation sites is 1. The second-order valence-corrected chi connectivity index (χ2v) is 9.48. The fraction of sp³-hybridized carbons (Fsp3) is 0.160. The molecule has 1 heterocycles. The molecule has 0 saturated heterocycles. The second kappa shape index (κ2) is 10.6. The van der Waals surface area contributed by atoms with Crippen LogP contribution in [0.2, 0.25) is 5.02 Å². The zero-order valence-electron chi connectivity index (χ0n) is 18.3. The quantitative estimate of drug-likeness (QED) is 0.355. The van der Waals surface area contributed by atoms with Crippen molar-refractivity contribution in [3.8, 4) is 0 Å². The van der Waals surface area contributed by atoms with Crippen molar-refractivity contribution in [2.24, 2.45) is 0 Å². The molecule has 34 heavy (non-hydrogen) atoms. The van der Waals surface area contributed by atoms with Gasteiger partial charge in [-0.1, -0.05) is 41.9 Å². The van der Waals surface area contributed by atoms with Crippen molar-refractivity contribution in [2.75, 3.05) is 16.0 Å². The third-order valence-corrected chi connectivity index (χ3v) is 6.72. The Kier molecular flexibility index (Phi) is 7.40. The monoisotopic (exact) mass is 494 g/mol. The van der Waals surface area contributed by atoms with Crippen LogP contribution in [-0.2, 0) is 9.59 Å². The molecule has 1 aliphatic heterocycles. The number of fused-ring (bicyclic) bond motifs is 1. The highest BCUT2D eigenvalue weighted by Gasteiger charge is 2.29. The minimum absolute atomic E-state index is 0.0577. The van der Waals surface area contributed by atoms with E-state index in [1.165, 1.54) is 11.8 Å². The summed E-state index contributed by atoms with van der Waals surface area (Å²) in [5.41, 5.74) is 2.87. The van der Waals surface area contributed by atoms with Gasteiger partial charge in [0.1, 0.15) is 0 Å². The van der Waals surface area contributed by atoms with Crippen molar-refractivity contribution in [2.45, 2.75) is 29.5 Å². The van der Waals surface area contributed by atoms with Crippen LogP contribution in [0.5, 0.6) is 0 Å². The summed E-state index contributed by atoms with van der Waals surface area (Å²) >= 11 is 7.33. The normalized spacial score (nSPS) is 15.5. The molecule has 0 bridgehead atoms. The molecular weight excluding hydrogens is 472 g/mol. The average Bonchev–Trinajstić information content (AvgIpc) is 2.80. The third-order valence-electron chi connectivity index (χ3n) is 5.21. The van der Waals surface area contributed by atoms with Gasteiger partial charge in [0.2, 0.25) is 11.8 Å². The first-order valence-corrected chi connectivity index (χ1v) is 11.9. The fourth-order valence-corrected chi connectivity index (χ4v) is 4.74. The highest BCUT2D eigenvalue weighted by molar-refractivity contribution is 8.01. The molecule has 2 unspecified atom stereocenters. The average molecular weight is 495 g/mol. The molecule has 3 aromatic carbocycles. The van der Waals surface area contributed by atoms with Crippen LogP contribution in [0.25, 0.3) is 0 Å². The zero-order chi connectivity index (χ0) is 24.1. The number of hydrogen-bond donors (Lipinski definition) is 4. The van der Waals surface area contributed by atoms with Crippen LogP contribution in [0.4, 0.5) is 21.9 Å². The van der Waals surface area contributed by atoms with Gasteiger partial charge in [0.15, 0.2) is 0 Å². The van der Waals surface area contributed by atoms with Crippen LogP contribution in [0.1, 0.15) is 24.9 Å². The van der Waals surface area contributed by atoms with E-state index >= 15 is 0 Å². The van der Waals surface area contributed by atoms with Gasteiger partial charge in [0.05, 0.1) is 17.0 Å². The van der Waals surface area contributed by atoms with Gasteiger partial charge in [-0.2, -0.15) is 0 Å². The molecule has 7 nitrogen and oxygen atoms in total. The summed E-state index contributed by atoms with van der Waals surface area (Å²) in [6.07, 6.45) is 0.0577. The van der Waals surface area contributed by atoms with Gasteiger partial charge in [-0.25, -0.2) is 4.79 Å². The highest BCUT2D eigenvalue weighted by Crippen LogP contribution is 2.38. The van der Waals surface area contributed by atoms with E-state index in [9.17, 15) is 14.4 Å². The molecule has 0 saturated carbocycles. The van der Waals surface area contributed by atoms with Crippen LogP contribution < -0.4 is 21.3 Å². The maximum atomic E-state index is 12.6. The largest absolute Gasteiger partial charge is 0.350 e. The predicted molar refractivity (Wildman–Crippen MR) is 136 cm³/mol. The van der Waals surface area contributed by atoms with Gasteiger partial charge in [-0.05, 0) is 55.0 Å². The van der Waals surface area contributed by atoms with Crippen LogP contribution in [0, 0.1) is 0 Å². The number of rotatable bonds is 6. The van der Waals surface area contributed by atoms with E-state index in [2.05, 4.69) is 21.3 Å². The molecule has 0 spiro atoms. The van der Waals surface area contributed by atoms with Gasteiger partial charge >= 0.3 is 6.03 Å². The maximum Gasteiger partial charge on any atom is 0.323 e. The lowest BCUT2D eigenvalue weighted by Crippen LogP contribution is -2.35. The predicted octanol–water partition coefficient (Wildman–Crippen LogP) is 5.66. The molecule has 4 N–H and O–H groups in total. The van der Waals surface area contributed by atoms with Crippen LogP contribution in [-0.4, -0.2) is 23.1 Å². The summed E-state index contributed by atoms with van der Waals surface area (Å²) in [5.74, 6) is -0.436. The summed E-state index contributed by atoms with van der Waals surface area (Å²) < 4.78 is 0. The topological polar surface area (TPSA) is 99.3 Å². The molecule has 0 aliphatic carbocycles. The van der Waals surface area contributed by atoms with Crippen molar-refractivity contribution in [1.29, 1.82) is 0 Å². The van der Waals surface area contributed by atoms with Crippen LogP contribution in [0.15, 0.2) is 77.7 Å². The molecule has 0 fully saturated rings. The highest BCUT2D eigenvalue weighted by atomic mass is 35.5. The first-order valence-electron chi connectivity index (χ1n) is 10.7. The number of thioether (sulfide) groups is 1. The van der Waals surface area contributed by atoms with E-state index in [-0.39, 0.29) is 30.3 Å². The number of anilines is 3. The van der Waals surface area contributed by atoms with E-state index in [1.54, 1.807) is 36.4 Å². The zero-order valence-corrected chi connectivity index (χ0v) is 19.9. The fourth-order valence-electron chi connectivity index (χ4n) is 3.48. The molecule has 0 aromatic heterocycles. The molecule has 4 rings (SSSR count). The van der Waals surface area contributed by atoms with Crippen molar-refractivity contribution < 1.29 is 14.4 Å². The molecule has 4 amide bonds. The Morgan fingerprint density at radius 1 is 1.00 bits per heavy atom. The summed E-state index contributed by atoms with van der Waals surface area (Å²) in [6, 6.07) is 21.1. The van der Waals surface area contributed by atoms with Gasteiger partial charge in [-0.3, -0.25) is 9.59 Å². The molecule has 9 heteroatoms. The smallest absolute Gasteiger partial charge is 0.323 e. The summed E-state index contributed by atoms with van der Waals surface area (Å²) in [5, 5.41) is 11.3. The molecule has 2 atom stereocenters. The van der Waals surface area contributed by atoms with Crippen molar-refractivity contribution in [1.82, 2.24) is 5.32 Å². The molecule has 0 radical (unpaired) electrons. The molecule has 3 aromatic rings. The van der Waals surface area contributed by atoms with Crippen molar-refractivity contribution >= 4 is 58.3 Å². The number of amides is 4. The Balaban J connectivity index is 1.29. The Labute approximate surface area is 206 Å². The van der Waals surface area contributed by atoms with Crippen LogP contribution in [0.3, 0.4) is 0 Å². The number of hydrogen-bond acceptors (Lipinski definition) is 4. The van der Waals surface area contributed by atoms with E-state index < -0.39 is 5.25 Å². The molecule has 1 aliphatic rings. The Hall–Kier alpha value is -3.49. The number of halogens is 1. The Morgan fingerprint density at radius 2 is 1.68 bits per heavy atom. The van der Waals surface area contributed by atoms with Crippen molar-refractivity contribution in [3.63, 3.8) is 0 Å². The first-order chi connectivity index (χ1) is 16.4.